The molecule has 0 bridgehead atoms. The maximum Gasteiger partial charge on any atom is 0.269 e. The molecule has 0 aliphatic heterocycles. The summed E-state index contributed by atoms with van der Waals surface area (Å²) >= 11 is 0. The van der Waals surface area contributed by atoms with Crippen molar-refractivity contribution in [1.29, 1.82) is 0 Å². The highest BCUT2D eigenvalue weighted by molar-refractivity contribution is 5.94. The van der Waals surface area contributed by atoms with E-state index in [4.69, 9.17) is 0 Å². The normalized spacial score (nSPS) is 10.5. The summed E-state index contributed by atoms with van der Waals surface area (Å²) in [6.07, 6.45) is 1.36. The second-order valence-electron chi connectivity index (χ2n) is 5.87. The van der Waals surface area contributed by atoms with Crippen molar-refractivity contribution in [2.45, 2.75) is 6.54 Å². The Morgan fingerprint density at radius 1 is 1.14 bits per heavy atom. The van der Waals surface area contributed by atoms with Gasteiger partial charge in [0.25, 0.3) is 17.2 Å². The molecule has 3 rings (SSSR count). The number of carbonyl (C=O) groups is 1. The number of benzene rings is 2. The Hall–Kier alpha value is -3.88. The van der Waals surface area contributed by atoms with Crippen molar-refractivity contribution in [2.24, 2.45) is 0 Å². The molecule has 0 radical (unpaired) electrons. The Morgan fingerprint density at radius 2 is 1.82 bits per heavy atom. The van der Waals surface area contributed by atoms with Crippen LogP contribution in [-0.2, 0) is 6.54 Å². The lowest BCUT2D eigenvalue weighted by atomic mass is 10.1. The van der Waals surface area contributed by atoms with Crippen LogP contribution >= 0.6 is 0 Å². The van der Waals surface area contributed by atoms with Crippen molar-refractivity contribution in [1.82, 2.24) is 14.9 Å². The van der Waals surface area contributed by atoms with E-state index in [1.165, 1.54) is 65.5 Å². The van der Waals surface area contributed by atoms with Crippen LogP contribution in [0, 0.1) is 15.9 Å². The first-order valence-electron chi connectivity index (χ1n) is 8.29. The lowest BCUT2D eigenvalue weighted by Gasteiger charge is -2.08. The van der Waals surface area contributed by atoms with Crippen LogP contribution in [0.1, 0.15) is 10.4 Å². The van der Waals surface area contributed by atoms with Crippen molar-refractivity contribution in [3.63, 3.8) is 0 Å². The number of non-ortho nitro benzene ring substituents is 1. The van der Waals surface area contributed by atoms with Gasteiger partial charge in [-0.25, -0.2) is 9.37 Å². The third kappa shape index (κ3) is 4.44. The predicted molar refractivity (Wildman–Crippen MR) is 99.3 cm³/mol. The number of nitrogens with zero attached hydrogens (tertiary/aromatic N) is 3. The summed E-state index contributed by atoms with van der Waals surface area (Å²) in [4.78, 5) is 38.5. The van der Waals surface area contributed by atoms with Gasteiger partial charge in [-0.05, 0) is 36.4 Å². The maximum absolute atomic E-state index is 13.0. The number of hydrogen-bond acceptors (Lipinski definition) is 5. The van der Waals surface area contributed by atoms with Gasteiger partial charge < -0.3 is 5.32 Å². The van der Waals surface area contributed by atoms with Crippen LogP contribution in [0.4, 0.5) is 10.1 Å². The van der Waals surface area contributed by atoms with Crippen LogP contribution in [0.5, 0.6) is 0 Å². The number of nitro groups is 1. The Labute approximate surface area is 158 Å². The number of hydrogen-bond donors (Lipinski definition) is 1. The molecule has 3 aromatic rings. The van der Waals surface area contributed by atoms with E-state index in [0.717, 1.165) is 0 Å². The van der Waals surface area contributed by atoms with Gasteiger partial charge in [0.05, 0.1) is 16.9 Å². The standard InChI is InChI=1S/C19H15FN4O4/c20-15-5-1-13(2-6-15)17-11-18(25)23(12-22-17)10-9-21-19(26)14-3-7-16(8-4-14)24(27)28/h1-8,11-12H,9-10H2,(H,21,26). The molecule has 1 amide bonds. The average Bonchev–Trinajstić information content (AvgIpc) is 2.69. The van der Waals surface area contributed by atoms with E-state index in [2.05, 4.69) is 10.3 Å². The smallest absolute Gasteiger partial charge is 0.269 e. The van der Waals surface area contributed by atoms with Crippen LogP contribution in [0.15, 0.2) is 65.7 Å². The summed E-state index contributed by atoms with van der Waals surface area (Å²) in [5.74, 6) is -0.778. The number of amides is 1. The molecule has 8 nitrogen and oxygen atoms in total. The summed E-state index contributed by atoms with van der Waals surface area (Å²) in [6, 6.07) is 12.2. The summed E-state index contributed by atoms with van der Waals surface area (Å²) in [7, 11) is 0. The van der Waals surface area contributed by atoms with Gasteiger partial charge in [0.15, 0.2) is 0 Å². The molecule has 0 spiro atoms. The molecule has 1 aromatic heterocycles. The fraction of sp³-hybridized carbons (Fsp3) is 0.105. The number of nitrogens with one attached hydrogen (secondary N) is 1. The highest BCUT2D eigenvalue weighted by atomic mass is 19.1. The number of halogens is 1. The summed E-state index contributed by atoms with van der Waals surface area (Å²) < 4.78 is 14.3. The van der Waals surface area contributed by atoms with E-state index >= 15 is 0 Å². The number of rotatable bonds is 6. The first kappa shape index (κ1) is 18.9. The third-order valence-corrected chi connectivity index (χ3v) is 4.00. The van der Waals surface area contributed by atoms with Crippen LogP contribution in [0.3, 0.4) is 0 Å². The first-order chi connectivity index (χ1) is 13.4. The Kier molecular flexibility index (Phi) is 5.54. The quantitative estimate of drug-likeness (QED) is 0.520. The molecule has 0 atom stereocenters. The predicted octanol–water partition coefficient (Wildman–Crippen LogP) is 2.39. The van der Waals surface area contributed by atoms with Crippen molar-refractivity contribution < 1.29 is 14.1 Å². The molecule has 1 N–H and O–H groups in total. The van der Waals surface area contributed by atoms with Gasteiger partial charge in [-0.2, -0.15) is 0 Å². The summed E-state index contributed by atoms with van der Waals surface area (Å²) in [5, 5.41) is 13.3. The molecular formula is C19H15FN4O4. The van der Waals surface area contributed by atoms with Crippen molar-refractivity contribution in [3.05, 3.63) is 92.8 Å². The number of aromatic nitrogens is 2. The second-order valence-corrected chi connectivity index (χ2v) is 5.87. The first-order valence-corrected chi connectivity index (χ1v) is 8.29. The van der Waals surface area contributed by atoms with Gasteiger partial charge in [0, 0.05) is 42.4 Å². The van der Waals surface area contributed by atoms with E-state index in [9.17, 15) is 24.1 Å². The van der Waals surface area contributed by atoms with E-state index in [-0.39, 0.29) is 35.7 Å². The Morgan fingerprint density at radius 3 is 2.43 bits per heavy atom. The molecule has 2 aromatic carbocycles. The van der Waals surface area contributed by atoms with Crippen LogP contribution in [0.2, 0.25) is 0 Å². The molecule has 1 heterocycles. The molecule has 0 aliphatic carbocycles. The minimum atomic E-state index is -0.545. The fourth-order valence-electron chi connectivity index (χ4n) is 2.50. The third-order valence-electron chi connectivity index (χ3n) is 4.00. The van der Waals surface area contributed by atoms with E-state index in [1.807, 2.05) is 0 Å². The van der Waals surface area contributed by atoms with E-state index < -0.39 is 10.8 Å². The highest BCUT2D eigenvalue weighted by Crippen LogP contribution is 2.15. The van der Waals surface area contributed by atoms with Crippen molar-refractivity contribution in [3.8, 4) is 11.3 Å². The SMILES string of the molecule is O=C(NCCn1cnc(-c2ccc(F)cc2)cc1=O)c1ccc([N+](=O)[O-])cc1. The molecular weight excluding hydrogens is 367 g/mol. The maximum atomic E-state index is 13.0. The van der Waals surface area contributed by atoms with Gasteiger partial charge >= 0.3 is 0 Å². The molecule has 0 fully saturated rings. The fourth-order valence-corrected chi connectivity index (χ4v) is 2.50. The zero-order valence-corrected chi connectivity index (χ0v) is 14.5. The molecule has 0 unspecified atom stereocenters. The molecule has 9 heteroatoms. The van der Waals surface area contributed by atoms with Crippen LogP contribution in [0.25, 0.3) is 11.3 Å². The zero-order valence-electron chi connectivity index (χ0n) is 14.5. The minimum Gasteiger partial charge on any atom is -0.350 e. The van der Waals surface area contributed by atoms with Crippen molar-refractivity contribution in [2.75, 3.05) is 6.54 Å². The van der Waals surface area contributed by atoms with Gasteiger partial charge in [0.2, 0.25) is 0 Å². The lowest BCUT2D eigenvalue weighted by Crippen LogP contribution is -2.30. The molecule has 142 valence electrons. The molecule has 0 aliphatic rings. The van der Waals surface area contributed by atoms with Crippen LogP contribution < -0.4 is 10.9 Å². The largest absolute Gasteiger partial charge is 0.350 e. The minimum absolute atomic E-state index is 0.101. The molecule has 0 saturated heterocycles. The van der Waals surface area contributed by atoms with E-state index in [0.29, 0.717) is 11.3 Å². The Bertz CT molecular complexity index is 1060. The topological polar surface area (TPSA) is 107 Å². The lowest BCUT2D eigenvalue weighted by molar-refractivity contribution is -0.384. The van der Waals surface area contributed by atoms with E-state index in [1.54, 1.807) is 0 Å². The second kappa shape index (κ2) is 8.21. The van der Waals surface area contributed by atoms with Gasteiger partial charge in [-0.1, -0.05) is 0 Å². The molecule has 28 heavy (non-hydrogen) atoms. The molecule has 0 saturated carbocycles. The van der Waals surface area contributed by atoms with Gasteiger partial charge in [-0.3, -0.25) is 24.3 Å². The summed E-state index contributed by atoms with van der Waals surface area (Å²) in [6.45, 7) is 0.377. The zero-order chi connectivity index (χ0) is 20.1. The van der Waals surface area contributed by atoms with Crippen LogP contribution in [-0.4, -0.2) is 26.9 Å². The average molecular weight is 382 g/mol. The van der Waals surface area contributed by atoms with Crippen molar-refractivity contribution >= 4 is 11.6 Å². The number of carbonyl (C=O) groups excluding carboxylic acids is 1. The van der Waals surface area contributed by atoms with Gasteiger partial charge in [-0.15, -0.1) is 0 Å². The highest BCUT2D eigenvalue weighted by Gasteiger charge is 2.09. The summed E-state index contributed by atoms with van der Waals surface area (Å²) in [5.41, 5.74) is 0.922. The Balaban J connectivity index is 1.60. The van der Waals surface area contributed by atoms with Gasteiger partial charge in [0.1, 0.15) is 5.82 Å². The monoisotopic (exact) mass is 382 g/mol. The number of nitro benzene ring substituents is 1.